The van der Waals surface area contributed by atoms with Crippen LogP contribution in [0.2, 0.25) is 0 Å². The van der Waals surface area contributed by atoms with E-state index in [1.807, 2.05) is 13.8 Å². The van der Waals surface area contributed by atoms with Gasteiger partial charge in [-0.3, -0.25) is 9.59 Å². The molecule has 0 bridgehead atoms. The average molecular weight is 334 g/mol. The Morgan fingerprint density at radius 2 is 1.25 bits per heavy atom. The molecule has 0 aliphatic carbocycles. The summed E-state index contributed by atoms with van der Waals surface area (Å²) < 4.78 is 0. The van der Waals surface area contributed by atoms with Crippen LogP contribution in [0, 0.1) is 25.7 Å². The predicted octanol–water partition coefficient (Wildman–Crippen LogP) is 0.939. The van der Waals surface area contributed by atoms with Crippen molar-refractivity contribution in [2.45, 2.75) is 40.5 Å². The molecule has 2 rings (SSSR count). The van der Waals surface area contributed by atoms with Gasteiger partial charge in [0, 0.05) is 0 Å². The summed E-state index contributed by atoms with van der Waals surface area (Å²) in [5.74, 6) is 0.00526. The Morgan fingerprint density at radius 1 is 0.875 bits per heavy atom. The van der Waals surface area contributed by atoms with Gasteiger partial charge in [0.05, 0.1) is 11.1 Å². The van der Waals surface area contributed by atoms with Crippen molar-refractivity contribution in [3.63, 3.8) is 0 Å². The van der Waals surface area contributed by atoms with Gasteiger partial charge in [-0.25, -0.2) is 9.97 Å². The van der Waals surface area contributed by atoms with E-state index in [4.69, 9.17) is 0 Å². The summed E-state index contributed by atoms with van der Waals surface area (Å²) >= 11 is 0. The highest BCUT2D eigenvalue weighted by Crippen LogP contribution is 2.25. The molecule has 2 aromatic rings. The molecule has 2 aromatic heterocycles. The Morgan fingerprint density at radius 3 is 1.54 bits per heavy atom. The zero-order valence-electron chi connectivity index (χ0n) is 14.2. The Hall–Kier alpha value is -2.64. The van der Waals surface area contributed by atoms with E-state index >= 15 is 0 Å². The molecule has 0 unspecified atom stereocenters. The van der Waals surface area contributed by atoms with Gasteiger partial charge < -0.3 is 20.2 Å². The first-order valence-corrected chi connectivity index (χ1v) is 7.76. The number of hydrogen-bond acceptors (Lipinski definition) is 6. The molecule has 130 valence electrons. The predicted molar refractivity (Wildman–Crippen MR) is 88.3 cm³/mol. The number of nitrogens with zero attached hydrogens (tertiary/aromatic N) is 2. The number of aromatic hydroxyl groups is 2. The number of hydrogen-bond donors (Lipinski definition) is 4. The third-order valence-corrected chi connectivity index (χ3v) is 4.10. The SMILES string of the molecule is Cc1nc(O)c(CC(Cc2c(O)nc(C)[nH]c2=O)C(C)C)c(=O)[nH]1. The molecule has 4 N–H and O–H groups in total. The van der Waals surface area contributed by atoms with Crippen molar-refractivity contribution in [2.75, 3.05) is 0 Å². The fourth-order valence-corrected chi connectivity index (χ4v) is 2.63. The highest BCUT2D eigenvalue weighted by molar-refractivity contribution is 5.26. The molecule has 8 heteroatoms. The zero-order valence-corrected chi connectivity index (χ0v) is 14.2. The summed E-state index contributed by atoms with van der Waals surface area (Å²) in [6, 6.07) is 0. The molecule has 2 heterocycles. The van der Waals surface area contributed by atoms with Gasteiger partial charge in [-0.05, 0) is 38.5 Å². The van der Waals surface area contributed by atoms with Gasteiger partial charge in [-0.2, -0.15) is 0 Å². The maximum absolute atomic E-state index is 12.1. The third-order valence-electron chi connectivity index (χ3n) is 4.10. The van der Waals surface area contributed by atoms with E-state index < -0.39 is 11.1 Å². The molecule has 0 aliphatic heterocycles. The van der Waals surface area contributed by atoms with Crippen LogP contribution < -0.4 is 11.1 Å². The van der Waals surface area contributed by atoms with Gasteiger partial charge in [0.2, 0.25) is 11.8 Å². The Bertz CT molecular complexity index is 787. The second-order valence-electron chi connectivity index (χ2n) is 6.32. The monoisotopic (exact) mass is 334 g/mol. The normalized spacial score (nSPS) is 11.4. The zero-order chi connectivity index (χ0) is 18.0. The van der Waals surface area contributed by atoms with E-state index in [2.05, 4.69) is 19.9 Å². The largest absolute Gasteiger partial charge is 0.493 e. The smallest absolute Gasteiger partial charge is 0.257 e. The summed E-state index contributed by atoms with van der Waals surface area (Å²) in [6.45, 7) is 7.06. The van der Waals surface area contributed by atoms with Crippen LogP contribution in [0.25, 0.3) is 0 Å². The van der Waals surface area contributed by atoms with Crippen LogP contribution in [-0.2, 0) is 12.8 Å². The molecule has 0 saturated carbocycles. The van der Waals surface area contributed by atoms with Gasteiger partial charge in [0.15, 0.2) is 0 Å². The van der Waals surface area contributed by atoms with Crippen LogP contribution in [0.15, 0.2) is 9.59 Å². The molecule has 24 heavy (non-hydrogen) atoms. The van der Waals surface area contributed by atoms with E-state index in [1.54, 1.807) is 13.8 Å². The lowest BCUT2D eigenvalue weighted by Gasteiger charge is -2.21. The molecule has 0 fully saturated rings. The van der Waals surface area contributed by atoms with E-state index in [9.17, 15) is 19.8 Å². The topological polar surface area (TPSA) is 132 Å². The van der Waals surface area contributed by atoms with Crippen LogP contribution in [0.4, 0.5) is 0 Å². The van der Waals surface area contributed by atoms with Gasteiger partial charge in [0.25, 0.3) is 11.1 Å². The summed E-state index contributed by atoms with van der Waals surface area (Å²) in [5.41, 5.74) is -0.442. The summed E-state index contributed by atoms with van der Waals surface area (Å²) in [5, 5.41) is 19.9. The summed E-state index contributed by atoms with van der Waals surface area (Å²) in [4.78, 5) is 37.0. The molecule has 0 aliphatic rings. The fourth-order valence-electron chi connectivity index (χ4n) is 2.63. The first-order chi connectivity index (χ1) is 11.2. The summed E-state index contributed by atoms with van der Waals surface area (Å²) in [7, 11) is 0. The number of nitrogens with one attached hydrogen (secondary N) is 2. The maximum Gasteiger partial charge on any atom is 0.257 e. The maximum atomic E-state index is 12.1. The van der Waals surface area contributed by atoms with Crippen molar-refractivity contribution in [2.24, 2.45) is 11.8 Å². The van der Waals surface area contributed by atoms with Crippen molar-refractivity contribution in [3.8, 4) is 11.8 Å². The standard InChI is InChI=1S/C16H22N4O4/c1-7(2)10(5-11-13(21)17-8(3)18-14(11)22)6-12-15(23)19-9(4)20-16(12)24/h7,10H,5-6H2,1-4H3,(H2,17,18,21,22)(H2,19,20,23,24). The molecule has 0 radical (unpaired) electrons. The minimum atomic E-state index is -0.397. The molecule has 0 spiro atoms. The average Bonchev–Trinajstić information content (AvgIpc) is 2.43. The van der Waals surface area contributed by atoms with E-state index in [0.717, 1.165) is 0 Å². The second-order valence-corrected chi connectivity index (χ2v) is 6.32. The lowest BCUT2D eigenvalue weighted by Crippen LogP contribution is -2.25. The van der Waals surface area contributed by atoms with Gasteiger partial charge in [-0.15, -0.1) is 0 Å². The van der Waals surface area contributed by atoms with Crippen LogP contribution in [0.5, 0.6) is 11.8 Å². The molecule has 0 atom stereocenters. The number of rotatable bonds is 5. The third kappa shape index (κ3) is 3.81. The highest BCUT2D eigenvalue weighted by atomic mass is 16.3. The molecular formula is C16H22N4O4. The van der Waals surface area contributed by atoms with Gasteiger partial charge in [0.1, 0.15) is 11.6 Å². The number of aryl methyl sites for hydroxylation is 2. The van der Waals surface area contributed by atoms with Crippen molar-refractivity contribution in [1.29, 1.82) is 0 Å². The van der Waals surface area contributed by atoms with Crippen LogP contribution in [0.3, 0.4) is 0 Å². The number of aromatic amines is 2. The minimum Gasteiger partial charge on any atom is -0.493 e. The minimum absolute atomic E-state index is 0.102. The number of aromatic nitrogens is 4. The van der Waals surface area contributed by atoms with Crippen molar-refractivity contribution >= 4 is 0 Å². The fraction of sp³-hybridized carbons (Fsp3) is 0.500. The molecular weight excluding hydrogens is 312 g/mol. The first-order valence-electron chi connectivity index (χ1n) is 7.76. The van der Waals surface area contributed by atoms with Crippen molar-refractivity contribution in [3.05, 3.63) is 43.5 Å². The van der Waals surface area contributed by atoms with E-state index in [-0.39, 0.29) is 47.6 Å². The number of H-pyrrole nitrogens is 2. The highest BCUT2D eigenvalue weighted by Gasteiger charge is 2.23. The Labute approximate surface area is 138 Å². The van der Waals surface area contributed by atoms with Crippen molar-refractivity contribution < 1.29 is 10.2 Å². The van der Waals surface area contributed by atoms with Crippen LogP contribution in [0.1, 0.15) is 36.6 Å². The molecule has 8 nitrogen and oxygen atoms in total. The molecule has 0 saturated heterocycles. The van der Waals surface area contributed by atoms with Gasteiger partial charge in [-0.1, -0.05) is 13.8 Å². The Balaban J connectivity index is 2.36. The lowest BCUT2D eigenvalue weighted by molar-refractivity contribution is 0.356. The van der Waals surface area contributed by atoms with Crippen LogP contribution in [-0.4, -0.2) is 30.1 Å². The molecule has 0 aromatic carbocycles. The van der Waals surface area contributed by atoms with Gasteiger partial charge >= 0.3 is 0 Å². The van der Waals surface area contributed by atoms with Crippen LogP contribution >= 0.6 is 0 Å². The van der Waals surface area contributed by atoms with E-state index in [1.165, 1.54) is 0 Å². The second kappa shape index (κ2) is 6.86. The first kappa shape index (κ1) is 17.7. The Kier molecular flexibility index (Phi) is 5.06. The molecule has 0 amide bonds. The van der Waals surface area contributed by atoms with Crippen molar-refractivity contribution in [1.82, 2.24) is 19.9 Å². The lowest BCUT2D eigenvalue weighted by atomic mass is 9.85. The van der Waals surface area contributed by atoms with E-state index in [0.29, 0.717) is 11.6 Å². The quantitative estimate of drug-likeness (QED) is 0.643. The summed E-state index contributed by atoms with van der Waals surface area (Å²) in [6.07, 6.45) is 0.470.